The van der Waals surface area contributed by atoms with Crippen LogP contribution < -0.4 is 4.90 Å². The van der Waals surface area contributed by atoms with E-state index in [0.29, 0.717) is 5.25 Å². The first-order valence-electron chi connectivity index (χ1n) is 16.6. The second-order valence-corrected chi connectivity index (χ2v) is 15.4. The maximum absolute atomic E-state index is 2.58. The van der Waals surface area contributed by atoms with Crippen LogP contribution in [0.4, 0.5) is 5.69 Å². The molecule has 2 aliphatic heterocycles. The SMILES string of the molecule is CC1/C=C\C=C/Cc2c(ccc3c2SC(n2c4ccccc4c4ccc(-n5c6ccccc6c6cc7ccccc7cc65)cc42)N3C)S1. The molecule has 0 spiro atoms. The summed E-state index contributed by atoms with van der Waals surface area (Å²) in [7, 11) is 2.26. The number of nitrogens with zero attached hydrogens (tertiary/aromatic N) is 3. The third kappa shape index (κ3) is 4.17. The standard InChI is InChI=1S/C43H33N3S2/c1-27-12-4-3-5-17-34-41(47-27)23-22-38-42(34)48-43(44(38)2)46-37-19-11-8-15-31(37)33-21-20-30(26-40(33)46)45-36-18-10-9-16-32(36)35-24-28-13-6-7-14-29(28)25-39(35)45/h3-16,18-27,43H,17H2,1-2H3/b5-3-,12-4-. The van der Waals surface area contributed by atoms with Crippen LogP contribution in [0.25, 0.3) is 60.1 Å². The molecule has 8 aromatic rings. The lowest BCUT2D eigenvalue weighted by Crippen LogP contribution is -2.22. The van der Waals surface area contributed by atoms with Crippen molar-refractivity contribution in [2.45, 2.75) is 33.9 Å². The number of aromatic nitrogens is 2. The van der Waals surface area contributed by atoms with Gasteiger partial charge in [-0.2, -0.15) is 0 Å². The molecule has 0 saturated heterocycles. The Kier molecular flexibility index (Phi) is 6.37. The van der Waals surface area contributed by atoms with Gasteiger partial charge in [0, 0.05) is 49.3 Å². The van der Waals surface area contributed by atoms with Gasteiger partial charge in [0.25, 0.3) is 0 Å². The van der Waals surface area contributed by atoms with Gasteiger partial charge in [-0.3, -0.25) is 0 Å². The highest BCUT2D eigenvalue weighted by atomic mass is 32.2. The highest BCUT2D eigenvalue weighted by Gasteiger charge is 2.34. The van der Waals surface area contributed by atoms with Crippen molar-refractivity contribution in [3.8, 4) is 5.69 Å². The summed E-state index contributed by atoms with van der Waals surface area (Å²) in [5, 5.41) is 8.11. The predicted molar refractivity (Wildman–Crippen MR) is 208 cm³/mol. The number of fused-ring (bicyclic) bond motifs is 10. The number of benzene rings is 6. The Morgan fingerprint density at radius 2 is 1.35 bits per heavy atom. The quantitative estimate of drug-likeness (QED) is 0.184. The fraction of sp³-hybridized carbons (Fsp3) is 0.116. The number of hydrogen-bond acceptors (Lipinski definition) is 3. The lowest BCUT2D eigenvalue weighted by Gasteiger charge is -2.25. The summed E-state index contributed by atoms with van der Waals surface area (Å²) in [5.41, 5.74) is 9.01. The second kappa shape index (κ2) is 10.8. The van der Waals surface area contributed by atoms with Crippen LogP contribution in [-0.2, 0) is 6.42 Å². The van der Waals surface area contributed by atoms with Crippen LogP contribution in [0.1, 0.15) is 18.0 Å². The van der Waals surface area contributed by atoms with Crippen LogP contribution in [0.2, 0.25) is 0 Å². The monoisotopic (exact) mass is 655 g/mol. The van der Waals surface area contributed by atoms with Gasteiger partial charge in [0.15, 0.2) is 5.50 Å². The molecule has 0 amide bonds. The van der Waals surface area contributed by atoms with Crippen LogP contribution in [0.5, 0.6) is 0 Å². The van der Waals surface area contributed by atoms with Crippen LogP contribution in [0.15, 0.2) is 149 Å². The van der Waals surface area contributed by atoms with Crippen LogP contribution in [-0.4, -0.2) is 21.4 Å². The number of hydrogen-bond donors (Lipinski definition) is 0. The molecule has 2 unspecified atom stereocenters. The minimum Gasteiger partial charge on any atom is -0.344 e. The molecule has 6 aromatic carbocycles. The number of thioether (sulfide) groups is 2. The Balaban J connectivity index is 1.19. The first kappa shape index (κ1) is 28.2. The van der Waals surface area contributed by atoms with Crippen molar-refractivity contribution in [3.63, 3.8) is 0 Å². The Labute approximate surface area is 288 Å². The summed E-state index contributed by atoms with van der Waals surface area (Å²) in [6.45, 7) is 2.29. The molecule has 0 aliphatic carbocycles. The smallest absolute Gasteiger partial charge is 0.159 e. The summed E-state index contributed by atoms with van der Waals surface area (Å²) in [6.07, 6.45) is 9.94. The molecule has 0 N–H and O–H groups in total. The zero-order valence-electron chi connectivity index (χ0n) is 26.8. The van der Waals surface area contributed by atoms with Crippen molar-refractivity contribution in [2.24, 2.45) is 0 Å². The van der Waals surface area contributed by atoms with Gasteiger partial charge < -0.3 is 14.0 Å². The molecule has 232 valence electrons. The molecule has 3 nitrogen and oxygen atoms in total. The zero-order chi connectivity index (χ0) is 31.9. The van der Waals surface area contributed by atoms with Gasteiger partial charge in [-0.25, -0.2) is 0 Å². The third-order valence-corrected chi connectivity index (χ3v) is 12.7. The minimum atomic E-state index is 0.0865. The topological polar surface area (TPSA) is 13.1 Å². The lowest BCUT2D eigenvalue weighted by atomic mass is 10.1. The normalized spacial score (nSPS) is 19.1. The molecular weight excluding hydrogens is 623 g/mol. The molecule has 48 heavy (non-hydrogen) atoms. The van der Waals surface area contributed by atoms with E-state index in [1.165, 1.54) is 81.1 Å². The number of anilines is 1. The average molecular weight is 656 g/mol. The van der Waals surface area contributed by atoms with E-state index in [0.717, 1.165) is 6.42 Å². The molecule has 2 aliphatic rings. The first-order chi connectivity index (χ1) is 23.6. The summed E-state index contributed by atoms with van der Waals surface area (Å²) in [4.78, 5) is 5.28. The molecule has 4 heterocycles. The molecular formula is C43H33N3S2. The van der Waals surface area contributed by atoms with Crippen molar-refractivity contribution in [3.05, 3.63) is 145 Å². The zero-order valence-corrected chi connectivity index (χ0v) is 28.4. The highest BCUT2D eigenvalue weighted by Crippen LogP contribution is 2.54. The molecule has 0 saturated carbocycles. The van der Waals surface area contributed by atoms with E-state index in [-0.39, 0.29) is 5.50 Å². The largest absolute Gasteiger partial charge is 0.344 e. The molecule has 0 fully saturated rings. The summed E-state index contributed by atoms with van der Waals surface area (Å²) < 4.78 is 5.04. The van der Waals surface area contributed by atoms with E-state index in [2.05, 4.69) is 168 Å². The van der Waals surface area contributed by atoms with Gasteiger partial charge in [-0.1, -0.05) is 103 Å². The van der Waals surface area contributed by atoms with Crippen molar-refractivity contribution in [2.75, 3.05) is 11.9 Å². The molecule has 0 bridgehead atoms. The molecule has 0 radical (unpaired) electrons. The third-order valence-electron chi connectivity index (χ3n) is 10.1. The maximum Gasteiger partial charge on any atom is 0.159 e. The van der Waals surface area contributed by atoms with Gasteiger partial charge in [-0.15, -0.1) is 11.8 Å². The van der Waals surface area contributed by atoms with Crippen molar-refractivity contribution < 1.29 is 0 Å². The van der Waals surface area contributed by atoms with E-state index in [1.54, 1.807) is 0 Å². The summed E-state index contributed by atoms with van der Waals surface area (Å²) in [5.74, 6) is 0. The van der Waals surface area contributed by atoms with Gasteiger partial charge >= 0.3 is 0 Å². The second-order valence-electron chi connectivity index (χ2n) is 12.9. The first-order valence-corrected chi connectivity index (χ1v) is 18.4. The van der Waals surface area contributed by atoms with Gasteiger partial charge in [0.05, 0.1) is 27.8 Å². The molecule has 2 atom stereocenters. The average Bonchev–Trinajstić information content (AvgIpc) is 3.75. The van der Waals surface area contributed by atoms with E-state index in [1.807, 2.05) is 23.5 Å². The van der Waals surface area contributed by atoms with Gasteiger partial charge in [-0.05, 0) is 78.2 Å². The number of para-hydroxylation sites is 2. The van der Waals surface area contributed by atoms with Crippen molar-refractivity contribution >= 4 is 83.6 Å². The molecule has 2 aromatic heterocycles. The van der Waals surface area contributed by atoms with E-state index < -0.39 is 0 Å². The van der Waals surface area contributed by atoms with Crippen LogP contribution in [0.3, 0.4) is 0 Å². The Morgan fingerprint density at radius 3 is 2.21 bits per heavy atom. The van der Waals surface area contributed by atoms with E-state index in [4.69, 9.17) is 0 Å². The Bertz CT molecular complexity index is 2660. The van der Waals surface area contributed by atoms with Crippen LogP contribution >= 0.6 is 23.5 Å². The maximum atomic E-state index is 2.58. The van der Waals surface area contributed by atoms with Crippen molar-refractivity contribution in [1.29, 1.82) is 0 Å². The van der Waals surface area contributed by atoms with Crippen molar-refractivity contribution in [1.82, 2.24) is 9.13 Å². The lowest BCUT2D eigenvalue weighted by molar-refractivity contribution is 0.717. The Morgan fingerprint density at radius 1 is 0.625 bits per heavy atom. The Hall–Kier alpha value is -4.84. The summed E-state index contributed by atoms with van der Waals surface area (Å²) in [6, 6.07) is 42.9. The van der Waals surface area contributed by atoms with E-state index in [9.17, 15) is 0 Å². The minimum absolute atomic E-state index is 0.0865. The van der Waals surface area contributed by atoms with Gasteiger partial charge in [0.1, 0.15) is 0 Å². The molecule has 5 heteroatoms. The number of rotatable bonds is 2. The van der Waals surface area contributed by atoms with E-state index >= 15 is 0 Å². The fourth-order valence-corrected chi connectivity index (χ4v) is 10.5. The van der Waals surface area contributed by atoms with Gasteiger partial charge in [0.2, 0.25) is 0 Å². The highest BCUT2D eigenvalue weighted by molar-refractivity contribution is 8.00. The van der Waals surface area contributed by atoms with Crippen LogP contribution in [0, 0.1) is 0 Å². The fourth-order valence-electron chi connectivity index (χ4n) is 7.86. The summed E-state index contributed by atoms with van der Waals surface area (Å²) >= 11 is 3.96. The number of allylic oxidation sites excluding steroid dienone is 3. The molecule has 10 rings (SSSR count). The predicted octanol–water partition coefficient (Wildman–Crippen LogP) is 11.9.